The Kier molecular flexibility index (Phi) is 6.88. The maximum absolute atomic E-state index is 7.08. The maximum Gasteiger partial charge on any atom is 0.146 e. The Balaban J connectivity index is 1.11. The second kappa shape index (κ2) is 11.8. The molecule has 0 radical (unpaired) electrons. The lowest BCUT2D eigenvalue weighted by Crippen LogP contribution is -2.46. The van der Waals surface area contributed by atoms with E-state index in [1.54, 1.807) is 0 Å². The lowest BCUT2D eigenvalue weighted by molar-refractivity contribution is 0.258. The van der Waals surface area contributed by atoms with Gasteiger partial charge in [-0.05, 0) is 34.9 Å². The molecule has 0 bridgehead atoms. The minimum absolute atomic E-state index is 0.107. The predicted molar refractivity (Wildman–Crippen MR) is 219 cm³/mol. The smallest absolute Gasteiger partial charge is 0.146 e. The number of allylic oxidation sites excluding steroid dienone is 3. The highest BCUT2D eigenvalue weighted by molar-refractivity contribution is 8.00. The van der Waals surface area contributed by atoms with E-state index in [0.29, 0.717) is 11.2 Å². The number of amidine groups is 1. The van der Waals surface area contributed by atoms with E-state index in [2.05, 4.69) is 169 Å². The molecule has 6 aromatic carbocycles. The topological polar surface area (TPSA) is 40.8 Å². The quantitative estimate of drug-likeness (QED) is 0.198. The van der Waals surface area contributed by atoms with Gasteiger partial charge < -0.3 is 9.32 Å². The van der Waals surface area contributed by atoms with Crippen molar-refractivity contribution in [3.63, 3.8) is 0 Å². The van der Waals surface area contributed by atoms with Crippen LogP contribution in [-0.2, 0) is 0 Å². The first-order valence-electron chi connectivity index (χ1n) is 17.8. The van der Waals surface area contributed by atoms with Crippen LogP contribution in [0.1, 0.15) is 40.5 Å². The molecule has 11 rings (SSSR count). The molecule has 0 amide bonds. The molecule has 3 aliphatic rings. The first kappa shape index (κ1) is 30.2. The lowest BCUT2D eigenvalue weighted by atomic mass is 9.90. The van der Waals surface area contributed by atoms with Gasteiger partial charge in [-0.2, -0.15) is 0 Å². The van der Waals surface area contributed by atoms with Crippen molar-refractivity contribution in [2.24, 2.45) is 4.99 Å². The second-order valence-corrected chi connectivity index (χ2v) is 16.1. The van der Waals surface area contributed by atoms with Crippen molar-refractivity contribution in [3.05, 3.63) is 174 Å². The van der Waals surface area contributed by atoms with Crippen LogP contribution >= 0.6 is 23.1 Å². The molecule has 2 aliphatic heterocycles. The van der Waals surface area contributed by atoms with Crippen LogP contribution in [0.2, 0.25) is 0 Å². The number of para-hydroxylation sites is 2. The molecule has 6 heteroatoms. The maximum atomic E-state index is 7.08. The minimum atomic E-state index is -0.274. The zero-order valence-corrected chi connectivity index (χ0v) is 30.0. The van der Waals surface area contributed by atoms with Crippen LogP contribution in [0.5, 0.6) is 0 Å². The molecule has 1 aliphatic carbocycles. The third-order valence-electron chi connectivity index (χ3n) is 10.9. The highest BCUT2D eigenvalue weighted by atomic mass is 32.2. The zero-order chi connectivity index (χ0) is 34.3. The van der Waals surface area contributed by atoms with Crippen LogP contribution in [0.15, 0.2) is 166 Å². The molecular formula is C46H33N3OS2. The van der Waals surface area contributed by atoms with Gasteiger partial charge in [0.1, 0.15) is 29.3 Å². The van der Waals surface area contributed by atoms with Gasteiger partial charge in [-0.15, -0.1) is 23.1 Å². The summed E-state index contributed by atoms with van der Waals surface area (Å²) in [7, 11) is 2.14. The number of nitrogens with one attached hydrogen (secondary N) is 1. The van der Waals surface area contributed by atoms with Crippen molar-refractivity contribution in [2.75, 3.05) is 7.05 Å². The van der Waals surface area contributed by atoms with Gasteiger partial charge in [0.15, 0.2) is 0 Å². The van der Waals surface area contributed by atoms with Gasteiger partial charge in [-0.25, -0.2) is 4.99 Å². The van der Waals surface area contributed by atoms with Crippen LogP contribution in [0.25, 0.3) is 53.2 Å². The van der Waals surface area contributed by atoms with Crippen molar-refractivity contribution < 1.29 is 4.42 Å². The Hall–Kier alpha value is -5.40. The SMILES string of the molecule is CN1C(c2cccc3c2oc2c(-c4cccc5c4SC4C=CC=CC54)cccc23)=NC(c2cccc3sc4ccccc4c23)NC1c1ccccc1. The fourth-order valence-corrected chi connectivity index (χ4v) is 11.1. The summed E-state index contributed by atoms with van der Waals surface area (Å²) in [6.45, 7) is 0. The average molecular weight is 708 g/mol. The van der Waals surface area contributed by atoms with E-state index in [4.69, 9.17) is 9.41 Å². The number of aliphatic imine (C=N–C) groups is 1. The van der Waals surface area contributed by atoms with Gasteiger partial charge in [-0.1, -0.05) is 133 Å². The molecule has 1 N–H and O–H groups in total. The van der Waals surface area contributed by atoms with Crippen molar-refractivity contribution in [3.8, 4) is 11.1 Å². The van der Waals surface area contributed by atoms with Crippen molar-refractivity contribution in [2.45, 2.75) is 28.4 Å². The highest BCUT2D eigenvalue weighted by Crippen LogP contribution is 2.53. The molecule has 0 fully saturated rings. The summed E-state index contributed by atoms with van der Waals surface area (Å²) in [4.78, 5) is 9.19. The molecule has 4 nitrogen and oxygen atoms in total. The molecule has 2 aromatic heterocycles. The number of hydrogen-bond donors (Lipinski definition) is 1. The standard InChI is InChI=1S/C46H33N3OS2/c1-49-45(27-13-3-2-4-14-27)47-44(35-22-12-26-39-40(35)34-16-6-8-25-38(34)51-39)48-46(49)36-23-10-18-30-29-17-9-19-31(41(29)50-42(30)36)33-21-11-20-32-28-15-5-7-24-37(28)52-43(32)33/h2-26,28,37,44-45,47H,1H3. The summed E-state index contributed by atoms with van der Waals surface area (Å²) in [5, 5.41) is 9.13. The van der Waals surface area contributed by atoms with Gasteiger partial charge in [0, 0.05) is 65.2 Å². The number of hydrogen-bond acceptors (Lipinski definition) is 6. The number of thioether (sulfide) groups is 1. The van der Waals surface area contributed by atoms with Gasteiger partial charge in [-0.3, -0.25) is 5.32 Å². The molecule has 0 spiro atoms. The Morgan fingerprint density at radius 1 is 0.635 bits per heavy atom. The first-order chi connectivity index (χ1) is 25.7. The molecule has 0 saturated heterocycles. The van der Waals surface area contributed by atoms with Crippen LogP contribution in [0.3, 0.4) is 0 Å². The summed E-state index contributed by atoms with van der Waals surface area (Å²) in [5.41, 5.74) is 8.91. The summed E-state index contributed by atoms with van der Waals surface area (Å²) >= 11 is 3.81. The van der Waals surface area contributed by atoms with Crippen molar-refractivity contribution in [1.82, 2.24) is 10.2 Å². The summed E-state index contributed by atoms with van der Waals surface area (Å²) in [5.74, 6) is 1.31. The number of rotatable bonds is 4. The Bertz CT molecular complexity index is 2810. The summed E-state index contributed by atoms with van der Waals surface area (Å²) < 4.78 is 9.65. The van der Waals surface area contributed by atoms with E-state index >= 15 is 0 Å². The number of benzene rings is 6. The molecule has 4 heterocycles. The first-order valence-corrected chi connectivity index (χ1v) is 19.5. The van der Waals surface area contributed by atoms with Crippen LogP contribution in [0, 0.1) is 0 Å². The molecule has 4 atom stereocenters. The van der Waals surface area contributed by atoms with Crippen LogP contribution < -0.4 is 5.32 Å². The van der Waals surface area contributed by atoms with E-state index in [1.165, 1.54) is 47.3 Å². The van der Waals surface area contributed by atoms with Gasteiger partial charge in [0.2, 0.25) is 0 Å². The molecular weight excluding hydrogens is 675 g/mol. The van der Waals surface area contributed by atoms with Crippen LogP contribution in [-0.4, -0.2) is 23.0 Å². The monoisotopic (exact) mass is 707 g/mol. The Morgan fingerprint density at radius 3 is 2.19 bits per heavy atom. The fraction of sp³-hybridized carbons (Fsp3) is 0.109. The molecule has 250 valence electrons. The van der Waals surface area contributed by atoms with E-state index in [-0.39, 0.29) is 12.3 Å². The predicted octanol–water partition coefficient (Wildman–Crippen LogP) is 12.0. The Morgan fingerprint density at radius 2 is 1.31 bits per heavy atom. The van der Waals surface area contributed by atoms with E-state index in [0.717, 1.165) is 38.9 Å². The molecule has 8 aromatic rings. The zero-order valence-electron chi connectivity index (χ0n) is 28.4. The van der Waals surface area contributed by atoms with E-state index < -0.39 is 0 Å². The molecule has 4 unspecified atom stereocenters. The third-order valence-corrected chi connectivity index (χ3v) is 13.5. The lowest BCUT2D eigenvalue weighted by Gasteiger charge is -2.39. The molecule has 52 heavy (non-hydrogen) atoms. The number of nitrogens with zero attached hydrogens (tertiary/aromatic N) is 2. The molecule has 0 saturated carbocycles. The number of furan rings is 1. The largest absolute Gasteiger partial charge is 0.455 e. The fourth-order valence-electron chi connectivity index (χ4n) is 8.52. The highest BCUT2D eigenvalue weighted by Gasteiger charge is 2.35. The summed E-state index contributed by atoms with van der Waals surface area (Å²) in [6, 6.07) is 45.9. The van der Waals surface area contributed by atoms with Gasteiger partial charge in [0.25, 0.3) is 0 Å². The van der Waals surface area contributed by atoms with E-state index in [9.17, 15) is 0 Å². The van der Waals surface area contributed by atoms with Crippen molar-refractivity contribution in [1.29, 1.82) is 0 Å². The number of thiophene rings is 1. The van der Waals surface area contributed by atoms with Gasteiger partial charge in [0.05, 0.1) is 5.56 Å². The minimum Gasteiger partial charge on any atom is -0.455 e. The van der Waals surface area contributed by atoms with Gasteiger partial charge >= 0.3 is 0 Å². The van der Waals surface area contributed by atoms with E-state index in [1.807, 2.05) is 23.1 Å². The average Bonchev–Trinajstić information content (AvgIpc) is 3.90. The second-order valence-electron chi connectivity index (χ2n) is 13.8. The summed E-state index contributed by atoms with van der Waals surface area (Å²) in [6.07, 6.45) is 8.66. The Labute approximate surface area is 309 Å². The number of fused-ring (bicyclic) bond motifs is 9. The normalized spacial score (nSPS) is 20.9. The third kappa shape index (κ3) is 4.54. The van der Waals surface area contributed by atoms with Crippen LogP contribution in [0.4, 0.5) is 0 Å². The van der Waals surface area contributed by atoms with Crippen molar-refractivity contribution >= 4 is 71.0 Å².